The summed E-state index contributed by atoms with van der Waals surface area (Å²) in [5, 5.41) is 13.9. The molecule has 2 N–H and O–H groups in total. The van der Waals surface area contributed by atoms with E-state index in [4.69, 9.17) is 0 Å². The first-order chi connectivity index (χ1) is 9.19. The fourth-order valence-electron chi connectivity index (χ4n) is 3.50. The van der Waals surface area contributed by atoms with E-state index in [1.54, 1.807) is 0 Å². The molecule has 3 nitrogen and oxygen atoms in total. The van der Waals surface area contributed by atoms with Crippen molar-refractivity contribution in [3.63, 3.8) is 0 Å². The Morgan fingerprint density at radius 2 is 1.95 bits per heavy atom. The molecule has 0 amide bonds. The molecule has 0 radical (unpaired) electrons. The molecule has 2 atom stereocenters. The highest BCUT2D eigenvalue weighted by Gasteiger charge is 2.47. The molecule has 0 bridgehead atoms. The van der Waals surface area contributed by atoms with E-state index in [0.29, 0.717) is 12.1 Å². The van der Waals surface area contributed by atoms with Gasteiger partial charge >= 0.3 is 0 Å². The zero-order chi connectivity index (χ0) is 13.3. The van der Waals surface area contributed by atoms with Gasteiger partial charge in [-0.05, 0) is 25.3 Å². The Morgan fingerprint density at radius 1 is 1.25 bits per heavy atom. The van der Waals surface area contributed by atoms with Crippen LogP contribution in [0.5, 0.6) is 0 Å². The van der Waals surface area contributed by atoms with E-state index in [9.17, 15) is 5.11 Å². The van der Waals surface area contributed by atoms with Crippen LogP contribution < -0.4 is 5.32 Å². The number of hydrogen-bond donors (Lipinski definition) is 2. The average Bonchev–Trinajstić information content (AvgIpc) is 2.40. The third-order valence-electron chi connectivity index (χ3n) is 4.76. The predicted molar refractivity (Wildman–Crippen MR) is 84.2 cm³/mol. The Balaban J connectivity index is 0.00000147. The van der Waals surface area contributed by atoms with E-state index in [0.717, 1.165) is 26.1 Å². The quantitative estimate of drug-likeness (QED) is 0.897. The van der Waals surface area contributed by atoms with Gasteiger partial charge in [0.05, 0.1) is 0 Å². The van der Waals surface area contributed by atoms with Gasteiger partial charge in [-0.1, -0.05) is 36.8 Å². The minimum absolute atomic E-state index is 0. The molecular weight excluding hydrogens is 272 g/mol. The van der Waals surface area contributed by atoms with Gasteiger partial charge in [0.25, 0.3) is 0 Å². The summed E-state index contributed by atoms with van der Waals surface area (Å²) in [5.74, 6) is 0. The molecule has 112 valence electrons. The molecular formula is C16H25ClN2O. The molecule has 0 aliphatic carbocycles. The topological polar surface area (TPSA) is 35.5 Å². The van der Waals surface area contributed by atoms with E-state index in [-0.39, 0.29) is 12.4 Å². The van der Waals surface area contributed by atoms with Gasteiger partial charge in [0, 0.05) is 31.7 Å². The van der Waals surface area contributed by atoms with Gasteiger partial charge in [-0.2, -0.15) is 0 Å². The lowest BCUT2D eigenvalue weighted by molar-refractivity contribution is -0.109. The maximum Gasteiger partial charge on any atom is 0.105 e. The minimum atomic E-state index is -0.510. The largest absolute Gasteiger partial charge is 0.386 e. The number of likely N-dealkylation sites (tertiary alicyclic amines) is 1. The smallest absolute Gasteiger partial charge is 0.105 e. The van der Waals surface area contributed by atoms with E-state index >= 15 is 0 Å². The summed E-state index contributed by atoms with van der Waals surface area (Å²) in [4.78, 5) is 2.51. The Bertz CT molecular complexity index is 422. The molecule has 3 rings (SSSR count). The zero-order valence-corrected chi connectivity index (χ0v) is 12.9. The van der Waals surface area contributed by atoms with Crippen LogP contribution in [-0.4, -0.2) is 40.8 Å². The van der Waals surface area contributed by atoms with Crippen LogP contribution in [0.1, 0.15) is 31.7 Å². The monoisotopic (exact) mass is 296 g/mol. The van der Waals surface area contributed by atoms with Crippen LogP contribution in [0.15, 0.2) is 30.3 Å². The predicted octanol–water partition coefficient (Wildman–Crippen LogP) is 2.19. The maximum absolute atomic E-state index is 10.7. The molecule has 1 aromatic carbocycles. The van der Waals surface area contributed by atoms with Crippen molar-refractivity contribution in [3.8, 4) is 0 Å². The number of nitrogens with one attached hydrogen (secondary N) is 1. The third-order valence-corrected chi connectivity index (χ3v) is 4.76. The lowest BCUT2D eigenvalue weighted by atomic mass is 9.80. The summed E-state index contributed by atoms with van der Waals surface area (Å²) in [6.45, 7) is 4.74. The zero-order valence-electron chi connectivity index (χ0n) is 12.1. The molecule has 0 saturated carbocycles. The van der Waals surface area contributed by atoms with Crippen LogP contribution in [0.4, 0.5) is 0 Å². The Morgan fingerprint density at radius 3 is 2.55 bits per heavy atom. The first-order valence-electron chi connectivity index (χ1n) is 7.42. The SMILES string of the molecule is CC1CCCC(C2(O)CNC2)N1Cc1ccccc1.Cl. The van der Waals surface area contributed by atoms with Gasteiger partial charge in [-0.3, -0.25) is 4.90 Å². The van der Waals surface area contributed by atoms with Crippen molar-refractivity contribution in [2.75, 3.05) is 13.1 Å². The van der Waals surface area contributed by atoms with Crippen molar-refractivity contribution >= 4 is 12.4 Å². The number of halogens is 1. The van der Waals surface area contributed by atoms with Crippen molar-refractivity contribution in [1.29, 1.82) is 0 Å². The molecule has 0 aromatic heterocycles. The summed E-state index contributed by atoms with van der Waals surface area (Å²) < 4.78 is 0. The number of aliphatic hydroxyl groups is 1. The molecule has 2 heterocycles. The van der Waals surface area contributed by atoms with Gasteiger partial charge in [0.1, 0.15) is 5.60 Å². The fourth-order valence-corrected chi connectivity index (χ4v) is 3.50. The summed E-state index contributed by atoms with van der Waals surface area (Å²) in [6, 6.07) is 11.5. The molecule has 2 aliphatic heterocycles. The Hall–Kier alpha value is -0.610. The fraction of sp³-hybridized carbons (Fsp3) is 0.625. The Labute approximate surface area is 127 Å². The van der Waals surface area contributed by atoms with Crippen LogP contribution >= 0.6 is 12.4 Å². The number of hydrogen-bond acceptors (Lipinski definition) is 3. The van der Waals surface area contributed by atoms with Crippen molar-refractivity contribution in [2.45, 2.75) is 50.4 Å². The lowest BCUT2D eigenvalue weighted by Crippen LogP contribution is -2.71. The first kappa shape index (κ1) is 15.8. The summed E-state index contributed by atoms with van der Waals surface area (Å²) in [7, 11) is 0. The lowest BCUT2D eigenvalue weighted by Gasteiger charge is -2.52. The van der Waals surface area contributed by atoms with E-state index in [1.807, 2.05) is 0 Å². The molecule has 20 heavy (non-hydrogen) atoms. The molecule has 2 fully saturated rings. The molecule has 0 spiro atoms. The van der Waals surface area contributed by atoms with Crippen molar-refractivity contribution in [3.05, 3.63) is 35.9 Å². The van der Waals surface area contributed by atoms with Crippen molar-refractivity contribution in [1.82, 2.24) is 10.2 Å². The molecule has 1 aromatic rings. The van der Waals surface area contributed by atoms with E-state index in [2.05, 4.69) is 47.5 Å². The second-order valence-corrected chi connectivity index (χ2v) is 6.16. The van der Waals surface area contributed by atoms with Gasteiger partial charge < -0.3 is 10.4 Å². The number of rotatable bonds is 3. The summed E-state index contributed by atoms with van der Waals surface area (Å²) in [5.41, 5.74) is 0.834. The number of nitrogens with zero attached hydrogens (tertiary/aromatic N) is 1. The molecule has 4 heteroatoms. The number of piperidine rings is 1. The summed E-state index contributed by atoms with van der Waals surface area (Å²) in [6.07, 6.45) is 3.60. The molecule has 2 unspecified atom stereocenters. The number of benzene rings is 1. The van der Waals surface area contributed by atoms with E-state index < -0.39 is 5.60 Å². The minimum Gasteiger partial charge on any atom is -0.386 e. The van der Waals surface area contributed by atoms with Gasteiger partial charge in [-0.25, -0.2) is 0 Å². The van der Waals surface area contributed by atoms with Crippen LogP contribution in [0.25, 0.3) is 0 Å². The highest BCUT2D eigenvalue weighted by atomic mass is 35.5. The van der Waals surface area contributed by atoms with Crippen LogP contribution in [0.2, 0.25) is 0 Å². The highest BCUT2D eigenvalue weighted by Crippen LogP contribution is 2.33. The molecule has 2 aliphatic rings. The van der Waals surface area contributed by atoms with Crippen LogP contribution in [0, 0.1) is 0 Å². The van der Waals surface area contributed by atoms with E-state index in [1.165, 1.54) is 18.4 Å². The second-order valence-electron chi connectivity index (χ2n) is 6.16. The molecule has 2 saturated heterocycles. The number of β-amino-alcohol motifs (C(OH)–C–C–N with tert-alkyl or cyclic N) is 1. The van der Waals surface area contributed by atoms with Crippen molar-refractivity contribution in [2.24, 2.45) is 0 Å². The first-order valence-corrected chi connectivity index (χ1v) is 7.42. The van der Waals surface area contributed by atoms with Gasteiger partial charge in [0.2, 0.25) is 0 Å². The Kier molecular flexibility index (Phi) is 5.08. The summed E-state index contributed by atoms with van der Waals surface area (Å²) >= 11 is 0. The normalized spacial score (nSPS) is 29.3. The van der Waals surface area contributed by atoms with Crippen molar-refractivity contribution < 1.29 is 5.11 Å². The standard InChI is InChI=1S/C16H24N2O.ClH/c1-13-6-5-9-15(16(19)11-17-12-16)18(13)10-14-7-3-2-4-8-14;/h2-4,7-8,13,15,17,19H,5-6,9-12H2,1H3;1H. The second kappa shape index (κ2) is 6.44. The van der Waals surface area contributed by atoms with Gasteiger partial charge in [0.15, 0.2) is 0 Å². The van der Waals surface area contributed by atoms with Crippen LogP contribution in [-0.2, 0) is 6.54 Å². The average molecular weight is 297 g/mol. The van der Waals surface area contributed by atoms with Gasteiger partial charge in [-0.15, -0.1) is 12.4 Å². The third kappa shape index (κ3) is 3.01. The highest BCUT2D eigenvalue weighted by molar-refractivity contribution is 5.85. The maximum atomic E-state index is 10.7. The van der Waals surface area contributed by atoms with Crippen LogP contribution in [0.3, 0.4) is 0 Å².